The van der Waals surface area contributed by atoms with Gasteiger partial charge in [-0.25, -0.2) is 0 Å². The summed E-state index contributed by atoms with van der Waals surface area (Å²) in [6.45, 7) is 6.98. The zero-order valence-electron chi connectivity index (χ0n) is 28.3. The summed E-state index contributed by atoms with van der Waals surface area (Å²) in [6, 6.07) is 53.7. The number of nitrogens with zero attached hydrogens (tertiary/aromatic N) is 1. The second-order valence-corrected chi connectivity index (χ2v) is 14.9. The molecule has 2 aliphatic heterocycles. The highest BCUT2D eigenvalue weighted by atomic mass is 15.0. The maximum absolute atomic E-state index is 2.71. The molecule has 0 bridgehead atoms. The van der Waals surface area contributed by atoms with Gasteiger partial charge in [-0.05, 0) is 92.7 Å². The van der Waals surface area contributed by atoms with E-state index in [1.165, 1.54) is 115 Å². The maximum atomic E-state index is 2.71. The van der Waals surface area contributed by atoms with Gasteiger partial charge in [-0.3, -0.25) is 0 Å². The van der Waals surface area contributed by atoms with Crippen LogP contribution in [0.5, 0.6) is 0 Å². The average molecular weight is 634 g/mol. The Morgan fingerprint density at radius 2 is 1.04 bits per heavy atom. The van der Waals surface area contributed by atoms with E-state index in [-0.39, 0.29) is 6.71 Å². The summed E-state index contributed by atoms with van der Waals surface area (Å²) >= 11 is 0. The van der Waals surface area contributed by atoms with E-state index in [0.29, 0.717) is 0 Å². The van der Waals surface area contributed by atoms with Gasteiger partial charge in [-0.2, -0.15) is 0 Å². The molecule has 0 radical (unpaired) electrons. The van der Waals surface area contributed by atoms with Crippen molar-refractivity contribution in [2.24, 2.45) is 0 Å². The molecular weight excluding hydrogens is 601 g/mol. The van der Waals surface area contributed by atoms with Gasteiger partial charge in [0.2, 0.25) is 6.71 Å². The molecule has 232 valence electrons. The summed E-state index contributed by atoms with van der Waals surface area (Å²) in [4.78, 5) is 0. The van der Waals surface area contributed by atoms with Gasteiger partial charge in [0.25, 0.3) is 0 Å². The van der Waals surface area contributed by atoms with Crippen molar-refractivity contribution in [1.82, 2.24) is 4.57 Å². The minimum Gasteiger partial charge on any atom is -0.310 e. The third-order valence-electron chi connectivity index (χ3n) is 12.5. The Morgan fingerprint density at radius 1 is 0.480 bits per heavy atom. The smallest absolute Gasteiger partial charge is 0.247 e. The SMILES string of the molecule is Cc1cc(C)c(B2c3cccc4c3-n3c5c2cc2ccccc2c5c2c5ccccc5cc(c23)C42c3ccccc3-c3ccccc32)c(C)c1. The first-order valence-corrected chi connectivity index (χ1v) is 17.9. The van der Waals surface area contributed by atoms with E-state index in [2.05, 4.69) is 165 Å². The third kappa shape index (κ3) is 2.93. The van der Waals surface area contributed by atoms with E-state index in [4.69, 9.17) is 0 Å². The molecular formula is C48H32BN. The van der Waals surface area contributed by atoms with Crippen molar-refractivity contribution in [3.8, 4) is 16.8 Å². The Morgan fingerprint density at radius 3 is 1.72 bits per heavy atom. The number of hydrogen-bond acceptors (Lipinski definition) is 0. The minimum atomic E-state index is -0.458. The van der Waals surface area contributed by atoms with Crippen LogP contribution >= 0.6 is 0 Å². The zero-order chi connectivity index (χ0) is 33.0. The fraction of sp³-hybridized carbons (Fsp3) is 0.0833. The molecule has 0 atom stereocenters. The van der Waals surface area contributed by atoms with Crippen LogP contribution in [0.1, 0.15) is 38.9 Å². The molecule has 1 aromatic heterocycles. The van der Waals surface area contributed by atoms with Crippen LogP contribution in [0, 0.1) is 20.8 Å². The van der Waals surface area contributed by atoms with Crippen LogP contribution < -0.4 is 16.4 Å². The summed E-state index contributed by atoms with van der Waals surface area (Å²) in [5.41, 5.74) is 20.2. The molecule has 0 unspecified atom stereocenters. The van der Waals surface area contributed by atoms with E-state index < -0.39 is 5.41 Å². The van der Waals surface area contributed by atoms with Crippen molar-refractivity contribution in [1.29, 1.82) is 0 Å². The predicted octanol–water partition coefficient (Wildman–Crippen LogP) is 9.52. The summed E-state index contributed by atoms with van der Waals surface area (Å²) in [5.74, 6) is 0. The normalized spacial score (nSPS) is 14.4. The monoisotopic (exact) mass is 633 g/mol. The molecule has 0 saturated carbocycles. The number of benzene rings is 8. The molecule has 1 aliphatic carbocycles. The first-order valence-electron chi connectivity index (χ1n) is 17.9. The van der Waals surface area contributed by atoms with E-state index in [1.807, 2.05) is 0 Å². The van der Waals surface area contributed by atoms with Crippen LogP contribution in [0.4, 0.5) is 0 Å². The maximum Gasteiger partial charge on any atom is 0.247 e. The Labute approximate surface area is 291 Å². The van der Waals surface area contributed by atoms with Gasteiger partial charge in [0, 0.05) is 16.5 Å². The predicted molar refractivity (Wildman–Crippen MR) is 212 cm³/mol. The summed E-state index contributed by atoms with van der Waals surface area (Å²) in [6.07, 6.45) is 0. The highest BCUT2D eigenvalue weighted by Crippen LogP contribution is 2.62. The van der Waals surface area contributed by atoms with Crippen molar-refractivity contribution >= 4 is 66.5 Å². The van der Waals surface area contributed by atoms with Crippen molar-refractivity contribution in [2.75, 3.05) is 0 Å². The molecule has 3 aliphatic rings. The molecule has 3 heterocycles. The molecule has 0 fully saturated rings. The Hall–Kier alpha value is -5.86. The van der Waals surface area contributed by atoms with Crippen LogP contribution in [0.15, 0.2) is 140 Å². The van der Waals surface area contributed by atoms with Gasteiger partial charge in [-0.1, -0.05) is 156 Å². The molecule has 12 rings (SSSR count). The Kier molecular flexibility index (Phi) is 4.88. The first kappa shape index (κ1) is 27.0. The van der Waals surface area contributed by atoms with Gasteiger partial charge in [-0.15, -0.1) is 0 Å². The third-order valence-corrected chi connectivity index (χ3v) is 12.5. The molecule has 2 heteroatoms. The number of aryl methyl sites for hydroxylation is 3. The standard InChI is InChI=1S/C48H32BN/c1-27-23-28(2)44(29(3)24-27)49-40-22-12-21-38-45(40)50-46-39(48(38)36-19-10-8-17-34(36)35-18-9-11-20-37(35)48)25-30-13-4-6-15-32(30)42(46)43-33-16-7-5-14-31(33)26-41(49)47(43)50/h4-26H,1-3H3. The zero-order valence-corrected chi connectivity index (χ0v) is 28.3. The van der Waals surface area contributed by atoms with Crippen LogP contribution in [0.25, 0.3) is 60.2 Å². The van der Waals surface area contributed by atoms with E-state index in [0.717, 1.165) is 0 Å². The van der Waals surface area contributed by atoms with Crippen molar-refractivity contribution in [3.63, 3.8) is 0 Å². The van der Waals surface area contributed by atoms with Gasteiger partial charge < -0.3 is 4.57 Å². The lowest BCUT2D eigenvalue weighted by Crippen LogP contribution is -2.58. The second-order valence-electron chi connectivity index (χ2n) is 14.9. The van der Waals surface area contributed by atoms with Crippen molar-refractivity contribution in [3.05, 3.63) is 178 Å². The van der Waals surface area contributed by atoms with Crippen LogP contribution in [0.3, 0.4) is 0 Å². The summed E-state index contributed by atoms with van der Waals surface area (Å²) < 4.78 is 2.71. The molecule has 50 heavy (non-hydrogen) atoms. The van der Waals surface area contributed by atoms with Gasteiger partial charge in [0.15, 0.2) is 0 Å². The largest absolute Gasteiger partial charge is 0.310 e. The molecule has 1 nitrogen and oxygen atoms in total. The van der Waals surface area contributed by atoms with Crippen molar-refractivity contribution < 1.29 is 0 Å². The van der Waals surface area contributed by atoms with Crippen LogP contribution in [0.2, 0.25) is 0 Å². The Bertz CT molecular complexity index is 2960. The van der Waals surface area contributed by atoms with Gasteiger partial charge in [0.05, 0.1) is 16.4 Å². The lowest BCUT2D eigenvalue weighted by molar-refractivity contribution is 0.751. The van der Waals surface area contributed by atoms with E-state index in [9.17, 15) is 0 Å². The molecule has 1 spiro atoms. The molecule has 9 aromatic rings. The van der Waals surface area contributed by atoms with E-state index >= 15 is 0 Å². The quantitative estimate of drug-likeness (QED) is 0.159. The lowest BCUT2D eigenvalue weighted by atomic mass is 9.33. The highest BCUT2D eigenvalue weighted by molar-refractivity contribution is 6.98. The fourth-order valence-corrected chi connectivity index (χ4v) is 10.9. The number of rotatable bonds is 1. The average Bonchev–Trinajstić information content (AvgIpc) is 3.65. The number of hydrogen-bond donors (Lipinski definition) is 0. The summed E-state index contributed by atoms with van der Waals surface area (Å²) in [5, 5.41) is 8.03. The number of para-hydroxylation sites is 1. The Balaban J connectivity index is 1.43. The molecule has 8 aromatic carbocycles. The fourth-order valence-electron chi connectivity index (χ4n) is 10.9. The molecule has 0 N–H and O–H groups in total. The van der Waals surface area contributed by atoms with E-state index in [1.54, 1.807) is 0 Å². The van der Waals surface area contributed by atoms with Gasteiger partial charge in [0.1, 0.15) is 0 Å². The number of aromatic nitrogens is 1. The first-order chi connectivity index (χ1) is 24.6. The van der Waals surface area contributed by atoms with Crippen LogP contribution in [-0.2, 0) is 5.41 Å². The highest BCUT2D eigenvalue weighted by Gasteiger charge is 2.53. The summed E-state index contributed by atoms with van der Waals surface area (Å²) in [7, 11) is 0. The molecule has 0 saturated heterocycles. The minimum absolute atomic E-state index is 0.103. The second kappa shape index (κ2) is 9.03. The number of fused-ring (bicyclic) bond motifs is 12. The lowest BCUT2D eigenvalue weighted by Gasteiger charge is -2.42. The molecule has 0 amide bonds. The van der Waals surface area contributed by atoms with Crippen molar-refractivity contribution in [2.45, 2.75) is 26.2 Å². The van der Waals surface area contributed by atoms with Crippen LogP contribution in [-0.4, -0.2) is 11.3 Å². The van der Waals surface area contributed by atoms with Gasteiger partial charge >= 0.3 is 0 Å². The topological polar surface area (TPSA) is 4.93 Å².